The number of hydrogen-bond acceptors (Lipinski definition) is 4. The highest BCUT2D eigenvalue weighted by molar-refractivity contribution is 6.30. The van der Waals surface area contributed by atoms with Gasteiger partial charge in [0.05, 0.1) is 23.3 Å². The lowest BCUT2D eigenvalue weighted by Gasteiger charge is -2.02. The number of carbonyl (C=O) groups is 1. The van der Waals surface area contributed by atoms with Crippen molar-refractivity contribution in [2.75, 3.05) is 0 Å². The predicted molar refractivity (Wildman–Crippen MR) is 110 cm³/mol. The summed E-state index contributed by atoms with van der Waals surface area (Å²) in [5, 5.41) is 19.4. The third-order valence-electron chi connectivity index (χ3n) is 4.77. The summed E-state index contributed by atoms with van der Waals surface area (Å²) in [4.78, 5) is 12.5. The van der Waals surface area contributed by atoms with E-state index in [1.54, 1.807) is 21.6 Å². The first kappa shape index (κ1) is 18.9. The molecule has 1 aromatic carbocycles. The second-order valence-corrected chi connectivity index (χ2v) is 7.22. The number of benzene rings is 1. The summed E-state index contributed by atoms with van der Waals surface area (Å²) in [6.07, 6.45) is 3.58. The van der Waals surface area contributed by atoms with Crippen molar-refractivity contribution < 1.29 is 4.79 Å². The van der Waals surface area contributed by atoms with Gasteiger partial charge in [0.25, 0.3) is 5.91 Å². The average molecular weight is 410 g/mol. The molecule has 0 atom stereocenters. The van der Waals surface area contributed by atoms with E-state index in [1.165, 1.54) is 0 Å². The van der Waals surface area contributed by atoms with Gasteiger partial charge in [-0.15, -0.1) is 0 Å². The average Bonchev–Trinajstić information content (AvgIpc) is 3.41. The zero-order chi connectivity index (χ0) is 20.5. The van der Waals surface area contributed by atoms with Crippen LogP contribution < -0.4 is 5.32 Å². The number of aromatic amines is 1. The number of halogens is 1. The molecular formula is C20H20ClN7O. The Labute approximate surface area is 172 Å². The zero-order valence-corrected chi connectivity index (χ0v) is 17.0. The Bertz CT molecular complexity index is 1170. The smallest absolute Gasteiger partial charge is 0.269 e. The molecule has 0 fully saturated rings. The monoisotopic (exact) mass is 409 g/mol. The fourth-order valence-corrected chi connectivity index (χ4v) is 3.30. The Morgan fingerprint density at radius 2 is 2.00 bits per heavy atom. The summed E-state index contributed by atoms with van der Waals surface area (Å²) < 4.78 is 3.54. The molecule has 0 spiro atoms. The van der Waals surface area contributed by atoms with Gasteiger partial charge in [-0.25, -0.2) is 4.68 Å². The minimum atomic E-state index is -0.234. The van der Waals surface area contributed by atoms with E-state index < -0.39 is 0 Å². The van der Waals surface area contributed by atoms with Gasteiger partial charge in [-0.1, -0.05) is 11.6 Å². The molecule has 2 N–H and O–H groups in total. The van der Waals surface area contributed by atoms with Gasteiger partial charge in [0.2, 0.25) is 0 Å². The van der Waals surface area contributed by atoms with E-state index in [0.717, 1.165) is 28.2 Å². The molecule has 9 heteroatoms. The van der Waals surface area contributed by atoms with Gasteiger partial charge >= 0.3 is 0 Å². The molecule has 8 nitrogen and oxygen atoms in total. The van der Waals surface area contributed by atoms with Crippen LogP contribution >= 0.6 is 11.6 Å². The van der Waals surface area contributed by atoms with E-state index in [2.05, 4.69) is 25.7 Å². The standard InChI is InChI=1S/C20H20ClN7O/c1-12-19(13(2)27(3)26-12)17-8-18(25-24-17)20(29)22-9-14-10-23-28(11-14)16-6-4-15(21)5-7-16/h4-8,10-11H,9H2,1-3H3,(H,22,29)(H,24,25). The summed E-state index contributed by atoms with van der Waals surface area (Å²) in [6.45, 7) is 4.25. The van der Waals surface area contributed by atoms with Crippen LogP contribution in [-0.2, 0) is 13.6 Å². The van der Waals surface area contributed by atoms with Gasteiger partial charge in [0.1, 0.15) is 5.69 Å². The summed E-state index contributed by atoms with van der Waals surface area (Å²) >= 11 is 5.92. The Balaban J connectivity index is 1.43. The summed E-state index contributed by atoms with van der Waals surface area (Å²) in [7, 11) is 1.89. The minimum absolute atomic E-state index is 0.234. The second kappa shape index (κ2) is 7.56. The first-order chi connectivity index (χ1) is 13.9. The number of aromatic nitrogens is 6. The van der Waals surface area contributed by atoms with Crippen LogP contribution in [0.4, 0.5) is 0 Å². The Kier molecular flexibility index (Phi) is 4.94. The van der Waals surface area contributed by atoms with Crippen LogP contribution in [0.25, 0.3) is 16.9 Å². The lowest BCUT2D eigenvalue weighted by molar-refractivity contribution is 0.0946. The number of aryl methyl sites for hydroxylation is 2. The third kappa shape index (κ3) is 3.79. The van der Waals surface area contributed by atoms with Crippen molar-refractivity contribution in [3.05, 3.63) is 70.4 Å². The quantitative estimate of drug-likeness (QED) is 0.529. The third-order valence-corrected chi connectivity index (χ3v) is 5.02. The topological polar surface area (TPSA) is 93.4 Å². The number of hydrogen-bond donors (Lipinski definition) is 2. The van der Waals surface area contributed by atoms with E-state index >= 15 is 0 Å². The number of H-pyrrole nitrogens is 1. The van der Waals surface area contributed by atoms with Crippen LogP contribution in [0.3, 0.4) is 0 Å². The lowest BCUT2D eigenvalue weighted by Crippen LogP contribution is -2.22. The maximum absolute atomic E-state index is 12.5. The maximum Gasteiger partial charge on any atom is 0.269 e. The molecule has 0 aliphatic rings. The molecule has 148 valence electrons. The molecule has 1 amide bonds. The molecule has 3 heterocycles. The Hall–Kier alpha value is -3.39. The van der Waals surface area contributed by atoms with Crippen molar-refractivity contribution >= 4 is 17.5 Å². The zero-order valence-electron chi connectivity index (χ0n) is 16.3. The summed E-state index contributed by atoms with van der Waals surface area (Å²) in [5.41, 5.74) is 5.68. The molecule has 0 saturated carbocycles. The number of nitrogens with one attached hydrogen (secondary N) is 2. The molecule has 0 saturated heterocycles. The molecule has 0 aliphatic heterocycles. The molecule has 4 rings (SSSR count). The first-order valence-corrected chi connectivity index (χ1v) is 9.44. The Morgan fingerprint density at radius 1 is 1.24 bits per heavy atom. The highest BCUT2D eigenvalue weighted by atomic mass is 35.5. The van der Waals surface area contributed by atoms with E-state index in [-0.39, 0.29) is 5.91 Å². The van der Waals surface area contributed by atoms with E-state index in [0.29, 0.717) is 23.0 Å². The fraction of sp³-hybridized carbons (Fsp3) is 0.200. The normalized spacial score (nSPS) is 11.0. The number of rotatable bonds is 5. The SMILES string of the molecule is Cc1nn(C)c(C)c1-c1cc(C(=O)NCc2cnn(-c3ccc(Cl)cc3)c2)[nH]n1. The van der Waals surface area contributed by atoms with Gasteiger partial charge in [0.15, 0.2) is 0 Å². The molecule has 29 heavy (non-hydrogen) atoms. The fourth-order valence-electron chi connectivity index (χ4n) is 3.17. The first-order valence-electron chi connectivity index (χ1n) is 9.06. The maximum atomic E-state index is 12.5. The number of nitrogens with zero attached hydrogens (tertiary/aromatic N) is 5. The lowest BCUT2D eigenvalue weighted by atomic mass is 10.1. The molecule has 0 aliphatic carbocycles. The van der Waals surface area contributed by atoms with Crippen molar-refractivity contribution in [2.24, 2.45) is 7.05 Å². The van der Waals surface area contributed by atoms with Gasteiger partial charge < -0.3 is 5.32 Å². The molecule has 0 bridgehead atoms. The molecule has 4 aromatic rings. The second-order valence-electron chi connectivity index (χ2n) is 6.79. The van der Waals surface area contributed by atoms with Crippen molar-refractivity contribution in [3.63, 3.8) is 0 Å². The van der Waals surface area contributed by atoms with E-state index in [4.69, 9.17) is 11.6 Å². The van der Waals surface area contributed by atoms with Crippen molar-refractivity contribution in [1.29, 1.82) is 0 Å². The Morgan fingerprint density at radius 3 is 2.69 bits per heavy atom. The van der Waals surface area contributed by atoms with Crippen molar-refractivity contribution in [2.45, 2.75) is 20.4 Å². The van der Waals surface area contributed by atoms with Crippen LogP contribution in [0.1, 0.15) is 27.4 Å². The van der Waals surface area contributed by atoms with Crippen LogP contribution in [0, 0.1) is 13.8 Å². The van der Waals surface area contributed by atoms with Gasteiger partial charge in [0, 0.05) is 41.6 Å². The van der Waals surface area contributed by atoms with E-state index in [1.807, 2.05) is 51.4 Å². The summed E-state index contributed by atoms with van der Waals surface area (Å²) in [5.74, 6) is -0.234. The van der Waals surface area contributed by atoms with Crippen LogP contribution in [0.5, 0.6) is 0 Å². The molecular weight excluding hydrogens is 390 g/mol. The molecule has 0 unspecified atom stereocenters. The van der Waals surface area contributed by atoms with Gasteiger partial charge in [-0.2, -0.15) is 15.3 Å². The van der Waals surface area contributed by atoms with Gasteiger partial charge in [-0.3, -0.25) is 14.6 Å². The predicted octanol–water partition coefficient (Wildman–Crippen LogP) is 3.20. The highest BCUT2D eigenvalue weighted by Crippen LogP contribution is 2.25. The molecule has 0 radical (unpaired) electrons. The van der Waals surface area contributed by atoms with Crippen molar-refractivity contribution in [1.82, 2.24) is 35.1 Å². The summed E-state index contributed by atoms with van der Waals surface area (Å²) in [6, 6.07) is 9.12. The van der Waals surface area contributed by atoms with Crippen LogP contribution in [0.15, 0.2) is 42.7 Å². The number of amides is 1. The van der Waals surface area contributed by atoms with Crippen molar-refractivity contribution in [3.8, 4) is 16.9 Å². The minimum Gasteiger partial charge on any atom is -0.347 e. The van der Waals surface area contributed by atoms with E-state index in [9.17, 15) is 4.79 Å². The number of carbonyl (C=O) groups excluding carboxylic acids is 1. The largest absolute Gasteiger partial charge is 0.347 e. The molecule has 3 aromatic heterocycles. The van der Waals surface area contributed by atoms with Crippen LogP contribution in [-0.4, -0.2) is 35.7 Å². The highest BCUT2D eigenvalue weighted by Gasteiger charge is 2.17. The van der Waals surface area contributed by atoms with Crippen LogP contribution in [0.2, 0.25) is 5.02 Å². The van der Waals surface area contributed by atoms with Gasteiger partial charge in [-0.05, 0) is 44.2 Å².